The number of alkyl halides is 6. The molecule has 0 rings (SSSR count). The number of ether oxygens (including phenoxy) is 4. The molecule has 0 aromatic heterocycles. The van der Waals surface area contributed by atoms with E-state index in [1.54, 1.807) is 13.1 Å². The van der Waals surface area contributed by atoms with Crippen molar-refractivity contribution < 1.29 is 109 Å². The Labute approximate surface area is 585 Å². The molecule has 8 unspecified atom stereocenters. The maximum atomic E-state index is 13.1. The topological polar surface area (TPSA) is 199 Å². The van der Waals surface area contributed by atoms with Gasteiger partial charge in [0.25, 0.3) is 37.1 Å². The number of hydrogen-bond donors (Lipinski definition) is 0. The van der Waals surface area contributed by atoms with Crippen molar-refractivity contribution >= 4 is 159 Å². The molecule has 0 heterocycles. The minimum atomic E-state index is -4.30. The molecule has 560 valence electrons. The largest absolute Gasteiger partial charge is 0.508 e. The zero-order chi connectivity index (χ0) is 73.2. The van der Waals surface area contributed by atoms with Gasteiger partial charge >= 0.3 is 64.7 Å². The summed E-state index contributed by atoms with van der Waals surface area (Å²) >= 11 is 0. The van der Waals surface area contributed by atoms with Gasteiger partial charge in [-0.05, 0) is 231 Å². The molecule has 19 nitrogen and oxygen atoms in total. The third-order valence-corrected chi connectivity index (χ3v) is 69.1. The highest BCUT2D eigenvalue weighted by molar-refractivity contribution is 6.87. The maximum absolute atomic E-state index is 13.1. The van der Waals surface area contributed by atoms with Crippen LogP contribution in [0.1, 0.15) is 65.2 Å². The van der Waals surface area contributed by atoms with E-state index in [0.29, 0.717) is 37.8 Å². The second-order valence-electron chi connectivity index (χ2n) is 28.2. The van der Waals surface area contributed by atoms with Crippen LogP contribution in [0.25, 0.3) is 0 Å². The fourth-order valence-electron chi connectivity index (χ4n) is 10.7. The number of carbonyl (C=O) groups is 3. The molecule has 8 atom stereocenters. The summed E-state index contributed by atoms with van der Waals surface area (Å²) < 4.78 is 175. The van der Waals surface area contributed by atoms with Crippen LogP contribution in [0, 0.1) is 0 Å². The van der Waals surface area contributed by atoms with Gasteiger partial charge in [-0.3, -0.25) is 0 Å². The summed E-state index contributed by atoms with van der Waals surface area (Å²) in [4.78, 5) is 36.5. The molecule has 0 radical (unpaired) electrons. The van der Waals surface area contributed by atoms with Gasteiger partial charge in [0.1, 0.15) is 0 Å². The van der Waals surface area contributed by atoms with Crippen LogP contribution in [-0.4, -0.2) is 198 Å². The zero-order valence-electron chi connectivity index (χ0n) is 62.4. The summed E-state index contributed by atoms with van der Waals surface area (Å²) in [7, 11) is -32.8. The number of halogens is 6. The van der Waals surface area contributed by atoms with Crippen LogP contribution in [0.15, 0.2) is 12.2 Å². The SMILES string of the molecule is CCC[Si](C)(O[SiH](C)C)O[SiH](C)O[Si](C)(C)CCCOC(=O)/C=C\C(=O)OCCC[Si](C)(C)O[Si](C)(CCC(F)(F)F)O[SiH](C)O[SiH](C)C.CCC[Si](C)(O[SiH](C)C)O[SiH](C)O[Si](C)(C)CCCOC(=O)OCCC[Si](C)(C)O[Si](C)(CCC(F)(F)F)O[SiH](C)O[SiH](C)C. The molecule has 0 amide bonds. The van der Waals surface area contributed by atoms with Crippen molar-refractivity contribution in [2.45, 2.75) is 283 Å². The van der Waals surface area contributed by atoms with Gasteiger partial charge in [0.05, 0.1) is 26.4 Å². The summed E-state index contributed by atoms with van der Waals surface area (Å²) in [6, 6.07) is 4.36. The van der Waals surface area contributed by atoms with E-state index in [9.17, 15) is 40.7 Å². The number of hydrogen-bond acceptors (Lipinski definition) is 19. The third-order valence-electron chi connectivity index (χ3n) is 13.6. The summed E-state index contributed by atoms with van der Waals surface area (Å²) in [5, 5.41) is 0. The van der Waals surface area contributed by atoms with E-state index < -0.39 is 184 Å². The second kappa shape index (κ2) is 46.3. The Balaban J connectivity index is 0. The van der Waals surface area contributed by atoms with Crippen molar-refractivity contribution in [3.8, 4) is 0 Å². The Bertz CT molecular complexity index is 2140. The summed E-state index contributed by atoms with van der Waals surface area (Å²) in [5.41, 5.74) is 0. The van der Waals surface area contributed by atoms with Crippen LogP contribution < -0.4 is 0 Å². The quantitative estimate of drug-likeness (QED) is 0.0139. The molecular weight excluding hydrogens is 1500 g/mol. The van der Waals surface area contributed by atoms with Crippen molar-refractivity contribution in [1.82, 2.24) is 0 Å². The molecule has 0 spiro atoms. The van der Waals surface area contributed by atoms with Gasteiger partial charge in [-0.25, -0.2) is 14.4 Å². The van der Waals surface area contributed by atoms with E-state index in [1.165, 1.54) is 0 Å². The molecule has 0 fully saturated rings. The molecule has 0 saturated carbocycles. The summed E-state index contributed by atoms with van der Waals surface area (Å²) in [5.74, 6) is -1.31. The molecule has 0 aliphatic rings. The fraction of sp³-hybridized carbons (Fsp3) is 0.906. The van der Waals surface area contributed by atoms with Gasteiger partial charge in [0.2, 0.25) is 0 Å². The van der Waals surface area contributed by atoms with Crippen LogP contribution in [0.3, 0.4) is 0 Å². The first-order valence-corrected chi connectivity index (χ1v) is 75.9. The van der Waals surface area contributed by atoms with E-state index in [4.69, 9.17) is 68.3 Å². The Kier molecular flexibility index (Phi) is 47.5. The van der Waals surface area contributed by atoms with Crippen molar-refractivity contribution in [1.29, 1.82) is 0 Å². The lowest BCUT2D eigenvalue weighted by Crippen LogP contribution is -2.52. The lowest BCUT2D eigenvalue weighted by Gasteiger charge is -2.38. The Morgan fingerprint density at radius 3 is 0.883 bits per heavy atom. The highest BCUT2D eigenvalue weighted by Gasteiger charge is 2.46. The van der Waals surface area contributed by atoms with Crippen LogP contribution in [0.4, 0.5) is 31.1 Å². The molecular formula is C53H128F6O19Si16. The zero-order valence-corrected chi connectivity index (χ0v) is 79.7. The van der Waals surface area contributed by atoms with Crippen LogP contribution >= 0.6 is 0 Å². The van der Waals surface area contributed by atoms with Gasteiger partial charge < -0.3 is 68.3 Å². The van der Waals surface area contributed by atoms with E-state index >= 15 is 0 Å². The molecule has 41 heteroatoms. The summed E-state index contributed by atoms with van der Waals surface area (Å²) in [6.07, 6.45) is -4.76. The highest BCUT2D eigenvalue weighted by Crippen LogP contribution is 2.34. The highest BCUT2D eigenvalue weighted by atomic mass is 28.5. The molecule has 94 heavy (non-hydrogen) atoms. The van der Waals surface area contributed by atoms with Gasteiger partial charge in [-0.1, -0.05) is 26.7 Å². The Morgan fingerprint density at radius 2 is 0.617 bits per heavy atom. The monoisotopic (exact) mass is 1630 g/mol. The minimum absolute atomic E-state index is 0.0870. The van der Waals surface area contributed by atoms with Crippen LogP contribution in [0.2, 0.25) is 205 Å². The molecule has 0 aromatic rings. The van der Waals surface area contributed by atoms with Gasteiger partial charge in [0.15, 0.2) is 69.4 Å². The van der Waals surface area contributed by atoms with E-state index in [2.05, 4.69) is 92.4 Å². The van der Waals surface area contributed by atoms with E-state index in [0.717, 1.165) is 49.2 Å². The lowest BCUT2D eigenvalue weighted by atomic mass is 10.4. The predicted molar refractivity (Wildman–Crippen MR) is 404 cm³/mol. The number of carbonyl (C=O) groups excluding carboxylic acids is 3. The summed E-state index contributed by atoms with van der Waals surface area (Å²) in [6.45, 7) is 53.6. The van der Waals surface area contributed by atoms with E-state index in [-0.39, 0.29) is 38.5 Å². The number of esters is 2. The second-order valence-corrected chi connectivity index (χ2v) is 79.7. The van der Waals surface area contributed by atoms with Crippen molar-refractivity contribution in [2.75, 3.05) is 26.4 Å². The normalized spacial score (nSPS) is 17.0. The maximum Gasteiger partial charge on any atom is 0.508 e. The Hall–Kier alpha value is 0.520. The molecule has 0 aromatic carbocycles. The average molecular weight is 1630 g/mol. The third kappa shape index (κ3) is 54.2. The van der Waals surface area contributed by atoms with Crippen LogP contribution in [-0.2, 0) is 77.9 Å². The fourth-order valence-corrected chi connectivity index (χ4v) is 70.6. The first kappa shape index (κ1) is 96.6. The Morgan fingerprint density at radius 1 is 0.340 bits per heavy atom. The minimum Gasteiger partial charge on any atom is -0.463 e. The molecule has 0 aliphatic carbocycles. The van der Waals surface area contributed by atoms with Crippen molar-refractivity contribution in [3.63, 3.8) is 0 Å². The van der Waals surface area contributed by atoms with Gasteiger partial charge in [-0.15, -0.1) is 0 Å². The average Bonchev–Trinajstić information content (AvgIpc) is 0.880. The first-order valence-electron chi connectivity index (χ1n) is 33.8. The van der Waals surface area contributed by atoms with Crippen molar-refractivity contribution in [2.24, 2.45) is 0 Å². The standard InChI is InChI=1S/C28H65F3O10Si8.C25H63F3O9Si8/c1-14-22-48(12,37-43(4)5)40-45(7)38-46(8,9)23-15-20-34-26(32)17-18-27(33)35-21-16-24-47(10,11)41-49(13,25-19-28(29,30)31)39-44(6)36-42(2)3;1-14-20-44(12,33-39(4)5)36-41(7)34-42(8,9)21-15-18-30-24(29)31-19-16-22-43(10,11)37-45(13,23-17-25(26,27)28)35-40(6)32-38(2)3/h17-18,42-45H,14-16,19-25H2,1-13H3;38-41H,14-23H2,1-13H3/b18-17-;. The number of rotatable bonds is 50. The van der Waals surface area contributed by atoms with Gasteiger partial charge in [-0.2, -0.15) is 26.3 Å². The molecule has 0 saturated heterocycles. The van der Waals surface area contributed by atoms with E-state index in [1.807, 2.05) is 65.5 Å². The molecule has 0 aliphatic heterocycles. The molecule has 0 bridgehead atoms. The lowest BCUT2D eigenvalue weighted by molar-refractivity contribution is -0.140. The van der Waals surface area contributed by atoms with Crippen molar-refractivity contribution in [3.05, 3.63) is 12.2 Å². The first-order chi connectivity index (χ1) is 42.7. The van der Waals surface area contributed by atoms with Crippen LogP contribution in [0.5, 0.6) is 0 Å². The smallest absolute Gasteiger partial charge is 0.463 e. The predicted octanol–water partition coefficient (Wildman–Crippen LogP) is 14.7. The molecule has 0 N–H and O–H groups in total. The van der Waals surface area contributed by atoms with Gasteiger partial charge in [0, 0.05) is 25.0 Å².